The maximum absolute atomic E-state index is 12.6. The van der Waals surface area contributed by atoms with Gasteiger partial charge in [0.2, 0.25) is 0 Å². The molecule has 7 heteroatoms. The van der Waals surface area contributed by atoms with Gasteiger partial charge < -0.3 is 20.3 Å². The minimum absolute atomic E-state index is 0.308. The Labute approximate surface area is 108 Å². The molecular weight excluding hydrogens is 257 g/mol. The number of carboxylic acid groups (broad SMARTS) is 1. The lowest BCUT2D eigenvalue weighted by Gasteiger charge is -2.15. The molecule has 6 nitrogen and oxygen atoms in total. The fourth-order valence-corrected chi connectivity index (χ4v) is 1.20. The maximum Gasteiger partial charge on any atom is 0.334 e. The van der Waals surface area contributed by atoms with Gasteiger partial charge in [-0.15, -0.1) is 0 Å². The molecule has 0 aliphatic heterocycles. The molecule has 104 valence electrons. The second kappa shape index (κ2) is 6.69. The van der Waals surface area contributed by atoms with Crippen molar-refractivity contribution in [1.82, 2.24) is 5.32 Å². The Kier molecular flexibility index (Phi) is 5.25. The molecule has 0 bridgehead atoms. The van der Waals surface area contributed by atoms with Crippen LogP contribution in [0.1, 0.15) is 6.92 Å². The minimum atomic E-state index is -1.66. The van der Waals surface area contributed by atoms with E-state index < -0.39 is 36.4 Å². The van der Waals surface area contributed by atoms with E-state index in [0.29, 0.717) is 5.75 Å². The number of aliphatic carboxylic acids is 1. The number of benzene rings is 1. The Morgan fingerprint density at radius 3 is 2.47 bits per heavy atom. The molecule has 1 aromatic carbocycles. The summed E-state index contributed by atoms with van der Waals surface area (Å²) in [6.07, 6.45) is -2.56. The highest BCUT2D eigenvalue weighted by atomic mass is 19.1. The zero-order valence-electron chi connectivity index (χ0n) is 10.2. The van der Waals surface area contributed by atoms with Crippen molar-refractivity contribution in [2.45, 2.75) is 19.1 Å². The zero-order chi connectivity index (χ0) is 14.4. The first-order valence-electron chi connectivity index (χ1n) is 5.51. The van der Waals surface area contributed by atoms with Crippen LogP contribution >= 0.6 is 0 Å². The van der Waals surface area contributed by atoms with Gasteiger partial charge in [0.05, 0.1) is 6.54 Å². The van der Waals surface area contributed by atoms with Gasteiger partial charge in [0.25, 0.3) is 5.91 Å². The summed E-state index contributed by atoms with van der Waals surface area (Å²) in [5, 5.41) is 19.6. The van der Waals surface area contributed by atoms with Crippen LogP contribution in [0, 0.1) is 5.82 Å². The summed E-state index contributed by atoms with van der Waals surface area (Å²) >= 11 is 0. The smallest absolute Gasteiger partial charge is 0.334 e. The molecule has 0 fully saturated rings. The Balaban J connectivity index is 2.44. The number of aliphatic hydroxyl groups excluding tert-OH is 1. The van der Waals surface area contributed by atoms with E-state index in [4.69, 9.17) is 14.9 Å². The van der Waals surface area contributed by atoms with Gasteiger partial charge in [-0.05, 0) is 31.2 Å². The number of nitrogens with one attached hydrogen (secondary N) is 1. The lowest BCUT2D eigenvalue weighted by Crippen LogP contribution is -2.42. The summed E-state index contributed by atoms with van der Waals surface area (Å²) in [7, 11) is 0. The van der Waals surface area contributed by atoms with Crippen LogP contribution in [0.2, 0.25) is 0 Å². The van der Waals surface area contributed by atoms with Gasteiger partial charge in [0.15, 0.2) is 12.2 Å². The van der Waals surface area contributed by atoms with Crippen molar-refractivity contribution in [3.63, 3.8) is 0 Å². The molecule has 0 heterocycles. The van der Waals surface area contributed by atoms with Crippen molar-refractivity contribution in [2.75, 3.05) is 6.54 Å². The number of carbonyl (C=O) groups is 2. The Bertz CT molecular complexity index is 448. The molecule has 0 aliphatic carbocycles. The van der Waals surface area contributed by atoms with E-state index in [1.165, 1.54) is 31.2 Å². The first-order chi connectivity index (χ1) is 8.90. The molecule has 1 rings (SSSR count). The largest absolute Gasteiger partial charge is 0.481 e. The summed E-state index contributed by atoms with van der Waals surface area (Å²) in [6.45, 7) is 1.04. The number of rotatable bonds is 6. The second-order valence-corrected chi connectivity index (χ2v) is 3.81. The number of carbonyl (C=O) groups excluding carboxylic acids is 1. The minimum Gasteiger partial charge on any atom is -0.481 e. The number of ether oxygens (including phenoxy) is 1. The molecule has 0 radical (unpaired) electrons. The van der Waals surface area contributed by atoms with E-state index in [9.17, 15) is 14.0 Å². The van der Waals surface area contributed by atoms with Crippen molar-refractivity contribution in [3.05, 3.63) is 30.1 Å². The Morgan fingerprint density at radius 1 is 1.37 bits per heavy atom. The van der Waals surface area contributed by atoms with Gasteiger partial charge in [-0.3, -0.25) is 4.79 Å². The number of amides is 1. The number of carboxylic acids is 1. The predicted molar refractivity (Wildman–Crippen MR) is 63.1 cm³/mol. The predicted octanol–water partition coefficient (Wildman–Crippen LogP) is 0.155. The molecule has 0 aliphatic rings. The van der Waals surface area contributed by atoms with Crippen molar-refractivity contribution in [2.24, 2.45) is 0 Å². The van der Waals surface area contributed by atoms with E-state index in [-0.39, 0.29) is 0 Å². The quantitative estimate of drug-likeness (QED) is 0.684. The van der Waals surface area contributed by atoms with Gasteiger partial charge >= 0.3 is 5.97 Å². The average molecular weight is 271 g/mol. The van der Waals surface area contributed by atoms with E-state index in [1.807, 2.05) is 0 Å². The average Bonchev–Trinajstić information content (AvgIpc) is 2.37. The summed E-state index contributed by atoms with van der Waals surface area (Å²) in [4.78, 5) is 21.9. The first-order valence-corrected chi connectivity index (χ1v) is 5.51. The van der Waals surface area contributed by atoms with Crippen LogP contribution in [0.25, 0.3) is 0 Å². The normalized spacial score (nSPS) is 13.4. The zero-order valence-corrected chi connectivity index (χ0v) is 10.2. The standard InChI is InChI=1S/C12H14FNO5/c1-7(11(16)14-6-10(15)12(17)18)19-9-4-2-8(13)3-5-9/h2-5,7,10,15H,6H2,1H3,(H,14,16)(H,17,18). The third-order valence-corrected chi connectivity index (χ3v) is 2.25. The summed E-state index contributed by atoms with van der Waals surface area (Å²) < 4.78 is 17.9. The molecule has 0 saturated heterocycles. The fraction of sp³-hybridized carbons (Fsp3) is 0.333. The molecule has 1 aromatic rings. The van der Waals surface area contributed by atoms with Crippen LogP contribution in [0.4, 0.5) is 4.39 Å². The Morgan fingerprint density at radius 2 is 1.95 bits per heavy atom. The van der Waals surface area contributed by atoms with Crippen LogP contribution in [0.3, 0.4) is 0 Å². The lowest BCUT2D eigenvalue weighted by atomic mass is 10.3. The van der Waals surface area contributed by atoms with E-state index in [0.717, 1.165) is 0 Å². The number of hydrogen-bond donors (Lipinski definition) is 3. The highest BCUT2D eigenvalue weighted by molar-refractivity contribution is 5.81. The molecule has 2 unspecified atom stereocenters. The molecule has 3 N–H and O–H groups in total. The fourth-order valence-electron chi connectivity index (χ4n) is 1.20. The third-order valence-electron chi connectivity index (χ3n) is 2.25. The molecule has 0 aromatic heterocycles. The highest BCUT2D eigenvalue weighted by Gasteiger charge is 2.18. The molecule has 0 saturated carbocycles. The number of hydrogen-bond acceptors (Lipinski definition) is 4. The van der Waals surface area contributed by atoms with Crippen LogP contribution in [-0.2, 0) is 9.59 Å². The molecule has 2 atom stereocenters. The van der Waals surface area contributed by atoms with Gasteiger partial charge in [-0.2, -0.15) is 0 Å². The van der Waals surface area contributed by atoms with E-state index in [1.54, 1.807) is 0 Å². The van der Waals surface area contributed by atoms with Crippen LogP contribution in [-0.4, -0.2) is 40.8 Å². The molecule has 1 amide bonds. The molecule has 0 spiro atoms. The van der Waals surface area contributed by atoms with E-state index in [2.05, 4.69) is 5.32 Å². The van der Waals surface area contributed by atoms with Crippen LogP contribution in [0.5, 0.6) is 5.75 Å². The third kappa shape index (κ3) is 4.92. The highest BCUT2D eigenvalue weighted by Crippen LogP contribution is 2.12. The van der Waals surface area contributed by atoms with Crippen LogP contribution < -0.4 is 10.1 Å². The SMILES string of the molecule is CC(Oc1ccc(F)cc1)C(=O)NCC(O)C(=O)O. The van der Waals surface area contributed by atoms with Gasteiger partial charge in [0, 0.05) is 0 Å². The van der Waals surface area contributed by atoms with Crippen LogP contribution in [0.15, 0.2) is 24.3 Å². The monoisotopic (exact) mass is 271 g/mol. The van der Waals surface area contributed by atoms with Gasteiger partial charge in [-0.25, -0.2) is 9.18 Å². The molecular formula is C12H14FNO5. The summed E-state index contributed by atoms with van der Waals surface area (Å²) in [5.41, 5.74) is 0. The second-order valence-electron chi connectivity index (χ2n) is 3.81. The lowest BCUT2D eigenvalue weighted by molar-refractivity contribution is -0.146. The van der Waals surface area contributed by atoms with Crippen molar-refractivity contribution >= 4 is 11.9 Å². The summed E-state index contributed by atoms with van der Waals surface area (Å²) in [6, 6.07) is 5.11. The van der Waals surface area contributed by atoms with Crippen molar-refractivity contribution in [3.8, 4) is 5.75 Å². The Hall–Kier alpha value is -2.15. The van der Waals surface area contributed by atoms with E-state index >= 15 is 0 Å². The van der Waals surface area contributed by atoms with Crippen molar-refractivity contribution < 1.29 is 28.9 Å². The van der Waals surface area contributed by atoms with Gasteiger partial charge in [-0.1, -0.05) is 0 Å². The summed E-state index contributed by atoms with van der Waals surface area (Å²) in [5.74, 6) is -2.12. The number of halogens is 1. The van der Waals surface area contributed by atoms with Crippen molar-refractivity contribution in [1.29, 1.82) is 0 Å². The molecule has 19 heavy (non-hydrogen) atoms. The maximum atomic E-state index is 12.6. The number of aliphatic hydroxyl groups is 1. The topological polar surface area (TPSA) is 95.9 Å². The first kappa shape index (κ1) is 14.9. The van der Waals surface area contributed by atoms with Gasteiger partial charge in [0.1, 0.15) is 11.6 Å².